The fourth-order valence-corrected chi connectivity index (χ4v) is 2.17. The van der Waals surface area contributed by atoms with E-state index in [4.69, 9.17) is 10.2 Å². The number of hydrogen-bond acceptors (Lipinski definition) is 5. The van der Waals surface area contributed by atoms with Crippen molar-refractivity contribution < 1.29 is 14.0 Å². The van der Waals surface area contributed by atoms with E-state index in [0.29, 0.717) is 25.4 Å². The van der Waals surface area contributed by atoms with Gasteiger partial charge < -0.3 is 15.1 Å². The first-order chi connectivity index (χ1) is 9.61. The van der Waals surface area contributed by atoms with Crippen LogP contribution in [-0.4, -0.2) is 40.0 Å². The van der Waals surface area contributed by atoms with Crippen molar-refractivity contribution in [2.24, 2.45) is 11.7 Å². The summed E-state index contributed by atoms with van der Waals surface area (Å²) in [7, 11) is 0. The molecule has 108 valence electrons. The zero-order chi connectivity index (χ0) is 14.5. The van der Waals surface area contributed by atoms with Gasteiger partial charge in [0.05, 0.1) is 5.92 Å². The molecular weight excluding hydrogens is 260 g/mol. The summed E-state index contributed by atoms with van der Waals surface area (Å²) in [5.41, 5.74) is 5.29. The summed E-state index contributed by atoms with van der Waals surface area (Å²) in [6, 6.07) is 0. The van der Waals surface area contributed by atoms with Crippen LogP contribution in [0.25, 0.3) is 0 Å². The van der Waals surface area contributed by atoms with Gasteiger partial charge in [-0.05, 0) is 19.8 Å². The predicted octanol–water partition coefficient (Wildman–Crippen LogP) is 0.526. The first kappa shape index (κ1) is 14.2. The van der Waals surface area contributed by atoms with Crippen molar-refractivity contribution in [2.45, 2.75) is 26.2 Å². The minimum atomic E-state index is -0.373. The third-order valence-corrected chi connectivity index (χ3v) is 3.29. The third-order valence-electron chi connectivity index (χ3n) is 3.29. The second kappa shape index (κ2) is 6.31. The van der Waals surface area contributed by atoms with Gasteiger partial charge in [-0.2, -0.15) is 0 Å². The number of primary amides is 1. The average Bonchev–Trinajstić information content (AvgIpc) is 2.93. The number of aromatic nitrogens is 2. The summed E-state index contributed by atoms with van der Waals surface area (Å²) in [5.74, 6) is -0.639. The number of likely N-dealkylation sites (tertiary alicyclic amines) is 1. The minimum Gasteiger partial charge on any atom is -0.417 e. The molecule has 2 N–H and O–H groups in total. The number of rotatable bonds is 4. The number of carbonyl (C=O) groups is 2. The van der Waals surface area contributed by atoms with Gasteiger partial charge in [0.15, 0.2) is 0 Å². The Morgan fingerprint density at radius 2 is 2.30 bits per heavy atom. The highest BCUT2D eigenvalue weighted by molar-refractivity contribution is 5.90. The lowest BCUT2D eigenvalue weighted by Crippen LogP contribution is -2.44. The number of hydrogen-bond donors (Lipinski definition) is 1. The Hall–Kier alpha value is -2.18. The molecule has 0 aromatic carbocycles. The predicted molar refractivity (Wildman–Crippen MR) is 70.6 cm³/mol. The van der Waals surface area contributed by atoms with Crippen molar-refractivity contribution >= 4 is 11.8 Å². The number of nitrogens with two attached hydrogens (primary N) is 1. The van der Waals surface area contributed by atoms with Crippen LogP contribution in [0.1, 0.15) is 36.3 Å². The molecule has 7 nitrogen and oxygen atoms in total. The normalized spacial score (nSPS) is 19.4. The van der Waals surface area contributed by atoms with Gasteiger partial charge in [0.1, 0.15) is 0 Å². The molecule has 7 heteroatoms. The smallest absolute Gasteiger partial charge is 0.311 e. The van der Waals surface area contributed by atoms with E-state index < -0.39 is 0 Å². The molecule has 1 aliphatic heterocycles. The maximum atomic E-state index is 12.2. The molecule has 1 fully saturated rings. The Kier molecular flexibility index (Phi) is 4.49. The van der Waals surface area contributed by atoms with Crippen molar-refractivity contribution in [3.63, 3.8) is 0 Å². The third kappa shape index (κ3) is 3.23. The lowest BCUT2D eigenvalue weighted by molar-refractivity contribution is -0.123. The van der Waals surface area contributed by atoms with Crippen LogP contribution >= 0.6 is 0 Å². The topological polar surface area (TPSA) is 102 Å². The number of nitrogens with zero attached hydrogens (tertiary/aromatic N) is 3. The fourth-order valence-electron chi connectivity index (χ4n) is 2.17. The Bertz CT molecular complexity index is 523. The van der Waals surface area contributed by atoms with Crippen LogP contribution in [0.2, 0.25) is 0 Å². The van der Waals surface area contributed by atoms with Crippen LogP contribution in [0.3, 0.4) is 0 Å². The molecule has 2 amide bonds. The average molecular weight is 278 g/mol. The van der Waals surface area contributed by atoms with Crippen LogP contribution in [0.15, 0.2) is 16.6 Å². The number of amides is 2. The number of carbonyl (C=O) groups excluding carboxylic acids is 2. The van der Waals surface area contributed by atoms with Crippen LogP contribution in [-0.2, 0) is 11.2 Å². The van der Waals surface area contributed by atoms with Gasteiger partial charge in [-0.15, -0.1) is 10.2 Å². The second-order valence-corrected chi connectivity index (χ2v) is 4.77. The monoisotopic (exact) mass is 278 g/mol. The van der Waals surface area contributed by atoms with Gasteiger partial charge in [-0.1, -0.05) is 12.2 Å². The summed E-state index contributed by atoms with van der Waals surface area (Å²) >= 11 is 0. The molecule has 2 rings (SSSR count). The summed E-state index contributed by atoms with van der Waals surface area (Å²) in [4.78, 5) is 25.0. The Labute approximate surface area is 116 Å². The first-order valence-electron chi connectivity index (χ1n) is 6.64. The number of allylic oxidation sites excluding steroid dienone is 2. The van der Waals surface area contributed by atoms with Gasteiger partial charge in [0, 0.05) is 19.5 Å². The van der Waals surface area contributed by atoms with Crippen molar-refractivity contribution in [1.29, 1.82) is 0 Å². The molecule has 1 saturated heterocycles. The molecule has 0 aliphatic carbocycles. The van der Waals surface area contributed by atoms with E-state index in [2.05, 4.69) is 10.2 Å². The van der Waals surface area contributed by atoms with E-state index in [1.807, 2.05) is 19.1 Å². The van der Waals surface area contributed by atoms with E-state index >= 15 is 0 Å². The van der Waals surface area contributed by atoms with Gasteiger partial charge in [-0.25, -0.2) is 0 Å². The largest absolute Gasteiger partial charge is 0.417 e. The SMILES string of the molecule is C/C=C/Cc1nnc(C(=O)N2CCCC(C(N)=O)C2)o1. The van der Waals surface area contributed by atoms with Crippen LogP contribution in [0, 0.1) is 5.92 Å². The molecule has 0 spiro atoms. The van der Waals surface area contributed by atoms with Crippen molar-refractivity contribution in [1.82, 2.24) is 15.1 Å². The molecule has 0 saturated carbocycles. The molecular formula is C13H18N4O3. The van der Waals surface area contributed by atoms with Crippen LogP contribution < -0.4 is 5.73 Å². The second-order valence-electron chi connectivity index (χ2n) is 4.77. The van der Waals surface area contributed by atoms with Gasteiger partial charge in [0.2, 0.25) is 11.8 Å². The van der Waals surface area contributed by atoms with E-state index in [9.17, 15) is 9.59 Å². The molecule has 20 heavy (non-hydrogen) atoms. The number of piperidine rings is 1. The first-order valence-corrected chi connectivity index (χ1v) is 6.64. The van der Waals surface area contributed by atoms with Gasteiger partial charge >= 0.3 is 11.8 Å². The molecule has 0 bridgehead atoms. The summed E-state index contributed by atoms with van der Waals surface area (Å²) in [6.45, 7) is 2.79. The minimum absolute atomic E-state index is 0.0328. The van der Waals surface area contributed by atoms with Gasteiger partial charge in [0.25, 0.3) is 0 Å². The lowest BCUT2D eigenvalue weighted by Gasteiger charge is -2.30. The van der Waals surface area contributed by atoms with E-state index in [0.717, 1.165) is 12.8 Å². The molecule has 0 radical (unpaired) electrons. The lowest BCUT2D eigenvalue weighted by atomic mass is 9.97. The Morgan fingerprint density at radius 3 is 3.00 bits per heavy atom. The Morgan fingerprint density at radius 1 is 1.50 bits per heavy atom. The molecule has 2 heterocycles. The fraction of sp³-hybridized carbons (Fsp3) is 0.538. The highest BCUT2D eigenvalue weighted by Crippen LogP contribution is 2.18. The van der Waals surface area contributed by atoms with Crippen LogP contribution in [0.4, 0.5) is 0 Å². The van der Waals surface area contributed by atoms with Gasteiger partial charge in [-0.3, -0.25) is 9.59 Å². The summed E-state index contributed by atoms with van der Waals surface area (Å²) < 4.78 is 5.32. The highest BCUT2D eigenvalue weighted by atomic mass is 16.4. The molecule has 1 unspecified atom stereocenters. The van der Waals surface area contributed by atoms with Crippen molar-refractivity contribution in [3.8, 4) is 0 Å². The molecule has 1 aromatic heterocycles. The zero-order valence-electron chi connectivity index (χ0n) is 11.4. The Balaban J connectivity index is 2.03. The van der Waals surface area contributed by atoms with Crippen LogP contribution in [0.5, 0.6) is 0 Å². The van der Waals surface area contributed by atoms with E-state index in [1.165, 1.54) is 0 Å². The summed E-state index contributed by atoms with van der Waals surface area (Å²) in [5, 5.41) is 7.57. The maximum Gasteiger partial charge on any atom is 0.311 e. The van der Waals surface area contributed by atoms with Crippen molar-refractivity contribution in [2.75, 3.05) is 13.1 Å². The molecule has 1 atom stereocenters. The standard InChI is InChI=1S/C13H18N4O3/c1-2-3-6-10-15-16-12(20-10)13(19)17-7-4-5-9(8-17)11(14)18/h2-3,9H,4-8H2,1H3,(H2,14,18)/b3-2+. The molecule has 1 aliphatic rings. The maximum absolute atomic E-state index is 12.2. The van der Waals surface area contributed by atoms with E-state index in [1.54, 1.807) is 4.90 Å². The van der Waals surface area contributed by atoms with E-state index in [-0.39, 0.29) is 23.6 Å². The molecule has 1 aromatic rings. The quantitative estimate of drug-likeness (QED) is 0.809. The summed E-state index contributed by atoms with van der Waals surface area (Å²) in [6.07, 6.45) is 5.70. The zero-order valence-corrected chi connectivity index (χ0v) is 11.4. The highest BCUT2D eigenvalue weighted by Gasteiger charge is 2.30. The van der Waals surface area contributed by atoms with Crippen molar-refractivity contribution in [3.05, 3.63) is 23.9 Å².